The van der Waals surface area contributed by atoms with Crippen LogP contribution in [0.5, 0.6) is 0 Å². The Kier molecular flexibility index (Phi) is 14.3. The van der Waals surface area contributed by atoms with Crippen LogP contribution in [0.4, 0.5) is 0 Å². The van der Waals surface area contributed by atoms with Gasteiger partial charge in [-0.2, -0.15) is 0 Å². The number of alkyl halides is 1. The van der Waals surface area contributed by atoms with Gasteiger partial charge in [0.25, 0.3) is 0 Å². The van der Waals surface area contributed by atoms with Crippen molar-refractivity contribution in [3.63, 3.8) is 0 Å². The highest BCUT2D eigenvalue weighted by molar-refractivity contribution is 6.15. The average molecular weight is 225 g/mol. The second kappa shape index (κ2) is 10.5. The maximum Gasteiger partial charge on any atom is 0.331 e. The summed E-state index contributed by atoms with van der Waals surface area (Å²) in [6.07, 6.45) is 3.20. The molecule has 5 heteroatoms. The molecule has 0 bridgehead atoms. The second-order valence-corrected chi connectivity index (χ2v) is 2.86. The molecule has 0 saturated heterocycles. The third kappa shape index (κ3) is 9.51. The summed E-state index contributed by atoms with van der Waals surface area (Å²) in [6.45, 7) is 3.55. The topological polar surface area (TPSA) is 75.5 Å². The van der Waals surface area contributed by atoms with Gasteiger partial charge in [0.2, 0.25) is 0 Å². The molecule has 1 atom stereocenters. The van der Waals surface area contributed by atoms with E-state index in [1.807, 2.05) is 25.9 Å². The van der Waals surface area contributed by atoms with Crippen molar-refractivity contribution in [2.45, 2.75) is 19.9 Å². The number of halogens is 1. The lowest BCUT2D eigenvalue weighted by Gasteiger charge is -2.15. The maximum absolute atomic E-state index is 10.4. The maximum atomic E-state index is 10.4. The molecule has 0 aromatic carbocycles. The SMILES string of the molecule is CC(=CC(C)N(C)C)C(=O)O.CCl.N. The van der Waals surface area contributed by atoms with Gasteiger partial charge < -0.3 is 16.2 Å². The summed E-state index contributed by atoms with van der Waals surface area (Å²) in [5.41, 5.74) is 0.395. The van der Waals surface area contributed by atoms with Gasteiger partial charge in [-0.1, -0.05) is 6.08 Å². The molecule has 0 heterocycles. The Bertz CT molecular complexity index is 182. The zero-order chi connectivity index (χ0) is 11.0. The van der Waals surface area contributed by atoms with Crippen LogP contribution in [0.25, 0.3) is 0 Å². The van der Waals surface area contributed by atoms with E-state index in [-0.39, 0.29) is 12.2 Å². The number of aliphatic carboxylic acids is 1. The predicted molar refractivity (Wildman–Crippen MR) is 61.3 cm³/mol. The third-order valence-corrected chi connectivity index (χ3v) is 1.64. The smallest absolute Gasteiger partial charge is 0.331 e. The summed E-state index contributed by atoms with van der Waals surface area (Å²) >= 11 is 4.64. The highest BCUT2D eigenvalue weighted by Crippen LogP contribution is 1.99. The minimum atomic E-state index is -0.848. The number of carboxylic acid groups (broad SMARTS) is 1. The minimum absolute atomic E-state index is 0. The number of hydrogen-bond donors (Lipinski definition) is 2. The molecule has 1 unspecified atom stereocenters. The molecule has 86 valence electrons. The fraction of sp³-hybridized carbons (Fsp3) is 0.667. The zero-order valence-electron chi connectivity index (χ0n) is 9.54. The van der Waals surface area contributed by atoms with Gasteiger partial charge >= 0.3 is 5.97 Å². The van der Waals surface area contributed by atoms with Crippen LogP contribution in [0.15, 0.2) is 11.6 Å². The quantitative estimate of drug-likeness (QED) is 0.568. The van der Waals surface area contributed by atoms with Crippen molar-refractivity contribution in [1.29, 1.82) is 0 Å². The normalized spacial score (nSPS) is 12.4. The first kappa shape index (κ1) is 19.1. The van der Waals surface area contributed by atoms with E-state index in [1.54, 1.807) is 13.0 Å². The van der Waals surface area contributed by atoms with E-state index in [4.69, 9.17) is 5.11 Å². The Labute approximate surface area is 91.1 Å². The van der Waals surface area contributed by atoms with Gasteiger partial charge in [0.15, 0.2) is 0 Å². The van der Waals surface area contributed by atoms with E-state index in [0.29, 0.717) is 5.57 Å². The third-order valence-electron chi connectivity index (χ3n) is 1.64. The summed E-state index contributed by atoms with van der Waals surface area (Å²) in [7, 11) is 3.83. The fourth-order valence-corrected chi connectivity index (χ4v) is 0.582. The largest absolute Gasteiger partial charge is 0.478 e. The van der Waals surface area contributed by atoms with Crippen molar-refractivity contribution < 1.29 is 9.90 Å². The molecule has 4 nitrogen and oxygen atoms in total. The molecular weight excluding hydrogens is 204 g/mol. The Balaban J connectivity index is -0.000000376. The molecule has 0 aliphatic rings. The van der Waals surface area contributed by atoms with Gasteiger partial charge in [-0.15, -0.1) is 11.6 Å². The molecule has 0 aliphatic heterocycles. The first-order valence-corrected chi connectivity index (χ1v) is 4.66. The van der Waals surface area contributed by atoms with Crippen LogP contribution in [0.3, 0.4) is 0 Å². The zero-order valence-corrected chi connectivity index (χ0v) is 10.3. The molecule has 4 N–H and O–H groups in total. The molecule has 0 spiro atoms. The lowest BCUT2D eigenvalue weighted by Crippen LogP contribution is -2.23. The number of carbonyl (C=O) groups is 1. The highest BCUT2D eigenvalue weighted by atomic mass is 35.5. The molecular formula is C9H21ClN2O2. The Morgan fingerprint density at radius 1 is 1.43 bits per heavy atom. The molecule has 0 aliphatic carbocycles. The van der Waals surface area contributed by atoms with Crippen LogP contribution in [0, 0.1) is 0 Å². The number of carboxylic acids is 1. The molecule has 0 rings (SSSR count). The molecule has 0 fully saturated rings. The molecule has 0 amide bonds. The summed E-state index contributed by atoms with van der Waals surface area (Å²) in [4.78, 5) is 12.3. The van der Waals surface area contributed by atoms with Crippen LogP contribution < -0.4 is 6.15 Å². The average Bonchev–Trinajstić information content (AvgIpc) is 2.07. The summed E-state index contributed by atoms with van der Waals surface area (Å²) in [5, 5.41) is 8.53. The van der Waals surface area contributed by atoms with Crippen LogP contribution in [-0.2, 0) is 4.79 Å². The molecule has 0 saturated carbocycles. The molecule has 0 aromatic rings. The van der Waals surface area contributed by atoms with E-state index >= 15 is 0 Å². The Morgan fingerprint density at radius 3 is 2.00 bits per heavy atom. The number of nitrogens with zero attached hydrogens (tertiary/aromatic N) is 1. The molecule has 0 aromatic heterocycles. The van der Waals surface area contributed by atoms with Gasteiger partial charge in [0.05, 0.1) is 0 Å². The standard InChI is InChI=1S/C8H15NO2.CH3Cl.H3N/c1-6(8(10)11)5-7(2)9(3)4;1-2;/h5,7H,1-4H3,(H,10,11);1H3;1H3. The first-order valence-electron chi connectivity index (χ1n) is 3.91. The van der Waals surface area contributed by atoms with E-state index in [9.17, 15) is 4.79 Å². The van der Waals surface area contributed by atoms with Crippen molar-refractivity contribution in [3.05, 3.63) is 11.6 Å². The lowest BCUT2D eigenvalue weighted by molar-refractivity contribution is -0.132. The van der Waals surface area contributed by atoms with Gasteiger partial charge in [-0.25, -0.2) is 4.79 Å². The number of likely N-dealkylation sites (N-methyl/N-ethyl adjacent to an activating group) is 1. The monoisotopic (exact) mass is 224 g/mol. The highest BCUT2D eigenvalue weighted by Gasteiger charge is 2.04. The van der Waals surface area contributed by atoms with Gasteiger partial charge in [-0.3, -0.25) is 0 Å². The minimum Gasteiger partial charge on any atom is -0.478 e. The van der Waals surface area contributed by atoms with Crippen LogP contribution >= 0.6 is 11.6 Å². The van der Waals surface area contributed by atoms with Crippen molar-refractivity contribution in [2.24, 2.45) is 0 Å². The Morgan fingerprint density at radius 2 is 1.79 bits per heavy atom. The number of rotatable bonds is 3. The lowest BCUT2D eigenvalue weighted by atomic mass is 10.2. The van der Waals surface area contributed by atoms with Gasteiger partial charge in [0, 0.05) is 18.0 Å². The van der Waals surface area contributed by atoms with Crippen LogP contribution in [0.2, 0.25) is 0 Å². The summed E-state index contributed by atoms with van der Waals surface area (Å²) < 4.78 is 0. The van der Waals surface area contributed by atoms with Gasteiger partial charge in [-0.05, 0) is 27.9 Å². The van der Waals surface area contributed by atoms with Crippen LogP contribution in [-0.4, -0.2) is 42.5 Å². The van der Waals surface area contributed by atoms with Gasteiger partial charge in [0.1, 0.15) is 0 Å². The Hall–Kier alpha value is -0.580. The summed E-state index contributed by atoms with van der Waals surface area (Å²) in [5.74, 6) is -0.848. The number of hydrogen-bond acceptors (Lipinski definition) is 3. The fourth-order valence-electron chi connectivity index (χ4n) is 0.582. The second-order valence-electron chi connectivity index (χ2n) is 2.86. The van der Waals surface area contributed by atoms with Crippen molar-refractivity contribution in [1.82, 2.24) is 11.1 Å². The van der Waals surface area contributed by atoms with E-state index < -0.39 is 5.97 Å². The molecule has 0 radical (unpaired) electrons. The van der Waals surface area contributed by atoms with Crippen molar-refractivity contribution >= 4 is 17.6 Å². The van der Waals surface area contributed by atoms with E-state index in [0.717, 1.165) is 0 Å². The van der Waals surface area contributed by atoms with E-state index in [2.05, 4.69) is 11.6 Å². The van der Waals surface area contributed by atoms with Crippen molar-refractivity contribution in [3.8, 4) is 0 Å². The van der Waals surface area contributed by atoms with E-state index in [1.165, 1.54) is 6.38 Å². The van der Waals surface area contributed by atoms with Crippen LogP contribution in [0.1, 0.15) is 13.8 Å². The predicted octanol–water partition coefficient (Wildman–Crippen LogP) is 1.98. The van der Waals surface area contributed by atoms with Crippen molar-refractivity contribution in [2.75, 3.05) is 20.5 Å². The summed E-state index contributed by atoms with van der Waals surface area (Å²) in [6, 6.07) is 0.172. The first-order chi connectivity index (χ1) is 5.95. The molecule has 14 heavy (non-hydrogen) atoms.